The maximum atomic E-state index is 13.1. The van der Waals surface area contributed by atoms with Crippen LogP contribution in [0.2, 0.25) is 0 Å². The van der Waals surface area contributed by atoms with Crippen LogP contribution in [0.4, 0.5) is 0 Å². The van der Waals surface area contributed by atoms with Gasteiger partial charge < -0.3 is 33.8 Å². The van der Waals surface area contributed by atoms with E-state index in [1.54, 1.807) is 0 Å². The molecule has 0 saturated heterocycles. The van der Waals surface area contributed by atoms with E-state index >= 15 is 0 Å². The van der Waals surface area contributed by atoms with E-state index < -0.39 is 97.5 Å². The van der Waals surface area contributed by atoms with Crippen molar-refractivity contribution in [3.63, 3.8) is 0 Å². The molecule has 17 nitrogen and oxygen atoms in total. The third kappa shape index (κ3) is 76.1. The summed E-state index contributed by atoms with van der Waals surface area (Å²) in [7, 11) is -9.91. The average Bonchev–Trinajstić information content (AvgIpc) is 0.995. The van der Waals surface area contributed by atoms with Gasteiger partial charge in [-0.25, -0.2) is 9.13 Å². The first kappa shape index (κ1) is 99.1. The summed E-state index contributed by atoms with van der Waals surface area (Å²) in [6.45, 7) is 7.23. The fourth-order valence-corrected chi connectivity index (χ4v) is 14.3. The highest BCUT2D eigenvalue weighted by Gasteiger charge is 2.30. The van der Waals surface area contributed by atoms with Gasteiger partial charge in [-0.1, -0.05) is 388 Å². The van der Waals surface area contributed by atoms with E-state index in [0.29, 0.717) is 31.6 Å². The number of carbonyl (C=O) groups is 4. The molecule has 0 saturated carbocycles. The van der Waals surface area contributed by atoms with Crippen molar-refractivity contribution in [2.24, 2.45) is 5.92 Å². The van der Waals surface area contributed by atoms with E-state index in [0.717, 1.165) is 96.3 Å². The lowest BCUT2D eigenvalue weighted by Gasteiger charge is -2.21. The van der Waals surface area contributed by atoms with E-state index in [9.17, 15) is 43.2 Å². The Morgan fingerprint density at radius 2 is 0.455 bits per heavy atom. The van der Waals surface area contributed by atoms with Crippen LogP contribution < -0.4 is 0 Å². The SMILES string of the molecule is CCCCCCCCCCCCCCCCCCCCCCCC(=O)OC[C@H](COP(=O)(O)OC[C@@H](O)COP(=O)(O)OC[C@@H](COC(=O)CCCCCCCCC(C)C)OC(=O)CCCCCCCCCCCC)OC(=O)CCCCCCCCCCCCCCCCCCCCCCC. The Balaban J connectivity index is 5.16. The zero-order chi connectivity index (χ0) is 74.1. The molecule has 0 aliphatic carbocycles. The monoisotopic (exact) mass is 1480 g/mol. The van der Waals surface area contributed by atoms with Crippen molar-refractivity contribution in [3.8, 4) is 0 Å². The van der Waals surface area contributed by atoms with Crippen LogP contribution in [0.25, 0.3) is 0 Å². The molecule has 0 aromatic rings. The van der Waals surface area contributed by atoms with Gasteiger partial charge in [-0.15, -0.1) is 0 Å². The van der Waals surface area contributed by atoms with Gasteiger partial charge in [0, 0.05) is 25.7 Å². The summed E-state index contributed by atoms with van der Waals surface area (Å²) < 4.78 is 68.6. The molecule has 3 N–H and O–H groups in total. The largest absolute Gasteiger partial charge is 0.472 e. The fraction of sp³-hybridized carbons (Fsp3) is 0.951. The van der Waals surface area contributed by atoms with Gasteiger partial charge in [0.1, 0.15) is 19.3 Å². The molecule has 0 aliphatic heterocycles. The molecule has 0 fully saturated rings. The number of carbonyl (C=O) groups excluding carboxylic acids is 4. The molecule has 0 spiro atoms. The highest BCUT2D eigenvalue weighted by molar-refractivity contribution is 7.47. The summed E-state index contributed by atoms with van der Waals surface area (Å²) >= 11 is 0. The van der Waals surface area contributed by atoms with Crippen LogP contribution >= 0.6 is 15.6 Å². The van der Waals surface area contributed by atoms with E-state index in [-0.39, 0.29) is 25.7 Å². The first-order valence-corrected chi connectivity index (χ1v) is 45.6. The van der Waals surface area contributed by atoms with Crippen LogP contribution in [-0.4, -0.2) is 96.7 Å². The van der Waals surface area contributed by atoms with Gasteiger partial charge >= 0.3 is 39.5 Å². The normalized spacial score (nSPS) is 13.8. The summed E-state index contributed by atoms with van der Waals surface area (Å²) in [5.41, 5.74) is 0. The first-order valence-electron chi connectivity index (χ1n) is 42.6. The highest BCUT2D eigenvalue weighted by Crippen LogP contribution is 2.45. The van der Waals surface area contributed by atoms with Gasteiger partial charge in [-0.2, -0.15) is 0 Å². The quantitative estimate of drug-likeness (QED) is 0.0222. The van der Waals surface area contributed by atoms with Gasteiger partial charge in [0.25, 0.3) is 0 Å². The van der Waals surface area contributed by atoms with E-state index in [1.165, 1.54) is 257 Å². The average molecular weight is 1480 g/mol. The molecule has 0 bridgehead atoms. The van der Waals surface area contributed by atoms with Crippen LogP contribution in [-0.2, 0) is 65.4 Å². The van der Waals surface area contributed by atoms with Crippen molar-refractivity contribution in [2.75, 3.05) is 39.6 Å². The number of unbranched alkanes of at least 4 members (excludes halogenated alkanes) is 54. The lowest BCUT2D eigenvalue weighted by Crippen LogP contribution is -2.30. The maximum Gasteiger partial charge on any atom is 0.472 e. The molecule has 0 aliphatic rings. The van der Waals surface area contributed by atoms with Crippen LogP contribution in [0, 0.1) is 5.92 Å². The number of rotatable bonds is 82. The van der Waals surface area contributed by atoms with Crippen molar-refractivity contribution < 1.29 is 80.2 Å². The molecule has 0 aromatic carbocycles. The van der Waals surface area contributed by atoms with Gasteiger partial charge in [-0.3, -0.25) is 37.3 Å². The summed E-state index contributed by atoms with van der Waals surface area (Å²) in [6.07, 6.45) is 67.1. The summed E-state index contributed by atoms with van der Waals surface area (Å²) in [5, 5.41) is 10.6. The number of hydrogen-bond acceptors (Lipinski definition) is 15. The van der Waals surface area contributed by atoms with Gasteiger partial charge in [0.05, 0.1) is 26.4 Å². The predicted octanol–water partition coefficient (Wildman–Crippen LogP) is 24.8. The molecule has 0 radical (unpaired) electrons. The minimum atomic E-state index is -4.96. The molecule has 600 valence electrons. The van der Waals surface area contributed by atoms with Crippen molar-refractivity contribution in [2.45, 2.75) is 457 Å². The van der Waals surface area contributed by atoms with Crippen LogP contribution in [0.5, 0.6) is 0 Å². The lowest BCUT2D eigenvalue weighted by atomic mass is 10.0. The Bertz CT molecular complexity index is 1930. The van der Waals surface area contributed by atoms with Gasteiger partial charge in [0.15, 0.2) is 12.2 Å². The second kappa shape index (κ2) is 74.9. The van der Waals surface area contributed by atoms with Crippen LogP contribution in [0.3, 0.4) is 0 Å². The molecule has 0 aromatic heterocycles. The Kier molecular flexibility index (Phi) is 73.5. The number of aliphatic hydroxyl groups is 1. The van der Waals surface area contributed by atoms with Gasteiger partial charge in [0.2, 0.25) is 0 Å². The van der Waals surface area contributed by atoms with Crippen molar-refractivity contribution >= 4 is 39.5 Å². The van der Waals surface area contributed by atoms with E-state index in [4.69, 9.17) is 37.0 Å². The molecular weight excluding hydrogens is 1320 g/mol. The van der Waals surface area contributed by atoms with Crippen molar-refractivity contribution in [3.05, 3.63) is 0 Å². The molecule has 0 rings (SSSR count). The summed E-state index contributed by atoms with van der Waals surface area (Å²) in [6, 6.07) is 0. The molecular formula is C82H160O17P2. The number of aliphatic hydroxyl groups excluding tert-OH is 1. The molecule has 0 amide bonds. The predicted molar refractivity (Wildman–Crippen MR) is 414 cm³/mol. The Labute approximate surface area is 619 Å². The second-order valence-electron chi connectivity index (χ2n) is 30.0. The van der Waals surface area contributed by atoms with Crippen LogP contribution in [0.1, 0.15) is 439 Å². The van der Waals surface area contributed by atoms with Gasteiger partial charge in [-0.05, 0) is 31.6 Å². The third-order valence-electron chi connectivity index (χ3n) is 19.3. The molecule has 2 unspecified atom stereocenters. The zero-order valence-corrected chi connectivity index (χ0v) is 67.8. The second-order valence-corrected chi connectivity index (χ2v) is 32.9. The molecule has 19 heteroatoms. The van der Waals surface area contributed by atoms with Crippen molar-refractivity contribution in [1.29, 1.82) is 0 Å². The first-order chi connectivity index (χ1) is 49.0. The van der Waals surface area contributed by atoms with E-state index in [2.05, 4.69) is 34.6 Å². The lowest BCUT2D eigenvalue weighted by molar-refractivity contribution is -0.161. The van der Waals surface area contributed by atoms with E-state index in [1.807, 2.05) is 0 Å². The fourth-order valence-electron chi connectivity index (χ4n) is 12.8. The summed E-state index contributed by atoms with van der Waals surface area (Å²) in [4.78, 5) is 72.9. The minimum absolute atomic E-state index is 0.106. The number of ether oxygens (including phenoxy) is 4. The molecule has 101 heavy (non-hydrogen) atoms. The Hall–Kier alpha value is -1.94. The molecule has 0 heterocycles. The third-order valence-corrected chi connectivity index (χ3v) is 21.2. The number of phosphoric acid groups is 2. The minimum Gasteiger partial charge on any atom is -0.462 e. The Morgan fingerprint density at radius 3 is 0.673 bits per heavy atom. The zero-order valence-electron chi connectivity index (χ0n) is 66.1. The number of hydrogen-bond donors (Lipinski definition) is 3. The number of phosphoric ester groups is 2. The maximum absolute atomic E-state index is 13.1. The smallest absolute Gasteiger partial charge is 0.462 e. The van der Waals surface area contributed by atoms with Crippen LogP contribution in [0.15, 0.2) is 0 Å². The highest BCUT2D eigenvalue weighted by atomic mass is 31.2. The standard InChI is InChI=1S/C82H160O17P2/c1-6-9-12-15-18-21-24-26-28-30-32-34-36-38-40-42-44-47-49-55-60-65-79(84)92-71-77(98-82(87)68-63-58-51-48-45-43-41-39-37-35-33-31-29-27-25-22-19-16-13-10-7-2)73-96-100(88,89)94-69-76(83)70-95-101(90,91)97-74-78(72-93-80(85)66-61-56-53-52-54-59-64-75(4)5)99-81(86)67-62-57-50-46-23-20-17-14-11-8-3/h75-78,83H,6-74H2,1-5H3,(H,88,89)(H,90,91)/t76-,77-,78-/m1/s1. The number of esters is 4. The summed E-state index contributed by atoms with van der Waals surface area (Å²) in [5.74, 6) is -1.43. The molecule has 5 atom stereocenters. The Morgan fingerprint density at radius 1 is 0.267 bits per heavy atom. The topological polar surface area (TPSA) is 237 Å². The van der Waals surface area contributed by atoms with Crippen molar-refractivity contribution in [1.82, 2.24) is 0 Å².